The molecule has 0 saturated carbocycles. The molecule has 1 rings (SSSR count). The summed E-state index contributed by atoms with van der Waals surface area (Å²) < 4.78 is 0. The van der Waals surface area contributed by atoms with Gasteiger partial charge in [0, 0.05) is 24.8 Å². The van der Waals surface area contributed by atoms with E-state index in [9.17, 15) is 0 Å². The molecule has 0 bridgehead atoms. The fraction of sp³-hybridized carbons (Fsp3) is 0.538. The highest BCUT2D eigenvalue weighted by Gasteiger charge is 2.12. The first kappa shape index (κ1) is 13.0. The lowest BCUT2D eigenvalue weighted by molar-refractivity contribution is 0.572. The van der Waals surface area contributed by atoms with Crippen LogP contribution in [-0.2, 0) is 0 Å². The van der Waals surface area contributed by atoms with Gasteiger partial charge in [0.15, 0.2) is 0 Å². The molecule has 0 aromatic rings. The molecule has 90 valence electrons. The van der Waals surface area contributed by atoms with E-state index < -0.39 is 0 Å². The summed E-state index contributed by atoms with van der Waals surface area (Å²) in [4.78, 5) is 0. The normalized spacial score (nSPS) is 22.4. The van der Waals surface area contributed by atoms with Crippen LogP contribution < -0.4 is 16.4 Å². The van der Waals surface area contributed by atoms with Crippen molar-refractivity contribution in [2.75, 3.05) is 19.6 Å². The summed E-state index contributed by atoms with van der Waals surface area (Å²) in [5.74, 6) is 0. The zero-order valence-electron chi connectivity index (χ0n) is 10.1. The molecule has 3 nitrogen and oxygen atoms in total. The predicted octanol–water partition coefficient (Wildman–Crippen LogP) is 1.30. The van der Waals surface area contributed by atoms with Crippen LogP contribution in [0.3, 0.4) is 0 Å². The Kier molecular flexibility index (Phi) is 6.61. The van der Waals surface area contributed by atoms with Gasteiger partial charge in [-0.1, -0.05) is 24.3 Å². The first-order chi connectivity index (χ1) is 7.86. The van der Waals surface area contributed by atoms with Gasteiger partial charge in [0.1, 0.15) is 0 Å². The van der Waals surface area contributed by atoms with Crippen LogP contribution in [0.4, 0.5) is 0 Å². The monoisotopic (exact) mass is 221 g/mol. The minimum Gasteiger partial charge on any atom is -0.384 e. The Labute approximate surface area is 98.5 Å². The van der Waals surface area contributed by atoms with Crippen molar-refractivity contribution in [3.05, 3.63) is 36.1 Å². The zero-order valence-corrected chi connectivity index (χ0v) is 10.1. The first-order valence-corrected chi connectivity index (χ1v) is 6.03. The molecular weight excluding hydrogens is 198 g/mol. The fourth-order valence-electron chi connectivity index (χ4n) is 1.75. The highest BCUT2D eigenvalue weighted by atomic mass is 15.0. The van der Waals surface area contributed by atoms with Crippen molar-refractivity contribution in [2.45, 2.75) is 25.8 Å². The van der Waals surface area contributed by atoms with Crippen molar-refractivity contribution in [3.63, 3.8) is 0 Å². The van der Waals surface area contributed by atoms with Gasteiger partial charge in [0.2, 0.25) is 0 Å². The number of nitrogens with two attached hydrogens (primary N) is 1. The van der Waals surface area contributed by atoms with Crippen LogP contribution in [0.2, 0.25) is 0 Å². The highest BCUT2D eigenvalue weighted by molar-refractivity contribution is 5.20. The highest BCUT2D eigenvalue weighted by Crippen LogP contribution is 2.04. The molecule has 4 N–H and O–H groups in total. The van der Waals surface area contributed by atoms with E-state index in [-0.39, 0.29) is 0 Å². The second kappa shape index (κ2) is 8.13. The van der Waals surface area contributed by atoms with E-state index in [0.717, 1.165) is 18.8 Å². The van der Waals surface area contributed by atoms with Crippen LogP contribution in [0, 0.1) is 0 Å². The van der Waals surface area contributed by atoms with Gasteiger partial charge in [-0.05, 0) is 32.4 Å². The molecule has 1 aliphatic rings. The summed E-state index contributed by atoms with van der Waals surface area (Å²) in [5, 5.41) is 6.90. The molecule has 3 heteroatoms. The van der Waals surface area contributed by atoms with Gasteiger partial charge in [-0.15, -0.1) is 0 Å². The van der Waals surface area contributed by atoms with Gasteiger partial charge < -0.3 is 16.4 Å². The third-order valence-corrected chi connectivity index (χ3v) is 2.69. The number of allylic oxidation sites excluding steroid dienone is 4. The number of hydrogen-bond acceptors (Lipinski definition) is 3. The lowest BCUT2D eigenvalue weighted by Crippen LogP contribution is -2.33. The van der Waals surface area contributed by atoms with Crippen molar-refractivity contribution in [1.29, 1.82) is 0 Å². The molecule has 0 aliphatic carbocycles. The predicted molar refractivity (Wildman–Crippen MR) is 70.1 cm³/mol. The van der Waals surface area contributed by atoms with E-state index in [4.69, 9.17) is 5.73 Å². The Morgan fingerprint density at radius 2 is 2.38 bits per heavy atom. The lowest BCUT2D eigenvalue weighted by atomic mass is 10.2. The minimum absolute atomic E-state index is 0.592. The maximum Gasteiger partial charge on any atom is 0.0300 e. The third kappa shape index (κ3) is 5.14. The van der Waals surface area contributed by atoms with Crippen molar-refractivity contribution in [3.8, 4) is 0 Å². The molecule has 0 aromatic carbocycles. The largest absolute Gasteiger partial charge is 0.384 e. The standard InChI is InChI=1S/C13H23N3/c1-2-12(7-4-3-5-9-14)16-11-13-8-6-10-15-13/h2-5,7,13,15-16H,6,8-11,14H2,1H3/b5-3-,7-4-,12-2+/t13-/m0/s1. The van der Waals surface area contributed by atoms with Gasteiger partial charge in [-0.2, -0.15) is 0 Å². The lowest BCUT2D eigenvalue weighted by Gasteiger charge is -2.12. The second-order valence-corrected chi connectivity index (χ2v) is 3.94. The Morgan fingerprint density at radius 1 is 1.50 bits per heavy atom. The molecule has 1 fully saturated rings. The van der Waals surface area contributed by atoms with Gasteiger partial charge in [0.05, 0.1) is 0 Å². The summed E-state index contributed by atoms with van der Waals surface area (Å²) in [5.41, 5.74) is 6.52. The van der Waals surface area contributed by atoms with Crippen molar-refractivity contribution >= 4 is 0 Å². The van der Waals surface area contributed by atoms with Gasteiger partial charge >= 0.3 is 0 Å². The average Bonchev–Trinajstić information content (AvgIpc) is 2.81. The van der Waals surface area contributed by atoms with Crippen molar-refractivity contribution < 1.29 is 0 Å². The van der Waals surface area contributed by atoms with Gasteiger partial charge in [-0.25, -0.2) is 0 Å². The van der Waals surface area contributed by atoms with E-state index >= 15 is 0 Å². The molecule has 0 spiro atoms. The molecule has 1 aliphatic heterocycles. The number of rotatable bonds is 6. The van der Waals surface area contributed by atoms with E-state index in [1.54, 1.807) is 0 Å². The average molecular weight is 221 g/mol. The van der Waals surface area contributed by atoms with Crippen molar-refractivity contribution in [1.82, 2.24) is 10.6 Å². The molecule has 0 aromatic heterocycles. The van der Waals surface area contributed by atoms with Gasteiger partial charge in [0.25, 0.3) is 0 Å². The van der Waals surface area contributed by atoms with Crippen molar-refractivity contribution in [2.24, 2.45) is 5.73 Å². The molecule has 16 heavy (non-hydrogen) atoms. The third-order valence-electron chi connectivity index (χ3n) is 2.69. The fourth-order valence-corrected chi connectivity index (χ4v) is 1.75. The molecule has 0 amide bonds. The van der Waals surface area contributed by atoms with Crippen LogP contribution >= 0.6 is 0 Å². The maximum absolute atomic E-state index is 5.36. The molecule has 0 radical (unpaired) electrons. The second-order valence-electron chi connectivity index (χ2n) is 3.94. The molecule has 1 heterocycles. The molecular formula is C13H23N3. The Hall–Kier alpha value is -1.06. The number of hydrogen-bond donors (Lipinski definition) is 3. The quantitative estimate of drug-likeness (QED) is 0.593. The summed E-state index contributed by atoms with van der Waals surface area (Å²) in [6.07, 6.45) is 12.6. The summed E-state index contributed by atoms with van der Waals surface area (Å²) in [6.45, 7) is 4.80. The topological polar surface area (TPSA) is 50.1 Å². The Balaban J connectivity index is 2.26. The van der Waals surface area contributed by atoms with E-state index in [1.165, 1.54) is 12.8 Å². The zero-order chi connectivity index (χ0) is 11.6. The summed E-state index contributed by atoms with van der Waals surface area (Å²) in [6, 6.07) is 0.628. The van der Waals surface area contributed by atoms with Crippen LogP contribution in [0.15, 0.2) is 36.1 Å². The van der Waals surface area contributed by atoms with E-state index in [1.807, 2.05) is 25.2 Å². The first-order valence-electron chi connectivity index (χ1n) is 6.03. The minimum atomic E-state index is 0.592. The van der Waals surface area contributed by atoms with Gasteiger partial charge in [-0.3, -0.25) is 0 Å². The number of nitrogens with one attached hydrogen (secondary N) is 2. The smallest absolute Gasteiger partial charge is 0.0300 e. The Morgan fingerprint density at radius 3 is 3.00 bits per heavy atom. The molecule has 0 unspecified atom stereocenters. The summed E-state index contributed by atoms with van der Waals surface area (Å²) in [7, 11) is 0. The molecule has 1 saturated heterocycles. The van der Waals surface area contributed by atoms with Crippen LogP contribution in [0.5, 0.6) is 0 Å². The van der Waals surface area contributed by atoms with Crippen LogP contribution in [0.25, 0.3) is 0 Å². The SMILES string of the molecule is C\C=C(/C=C\C=C/CN)NC[C@@H]1CCCN1. The van der Waals surface area contributed by atoms with Crippen LogP contribution in [-0.4, -0.2) is 25.7 Å². The summed E-state index contributed by atoms with van der Waals surface area (Å²) >= 11 is 0. The van der Waals surface area contributed by atoms with E-state index in [2.05, 4.69) is 22.8 Å². The molecule has 1 atom stereocenters. The van der Waals surface area contributed by atoms with E-state index in [0.29, 0.717) is 12.6 Å². The maximum atomic E-state index is 5.36. The van der Waals surface area contributed by atoms with Crippen LogP contribution in [0.1, 0.15) is 19.8 Å². The Bertz CT molecular complexity index is 260.